The molecule has 1 fully saturated rings. The van der Waals surface area contributed by atoms with Gasteiger partial charge in [-0.3, -0.25) is 9.59 Å². The van der Waals surface area contributed by atoms with E-state index in [1.165, 1.54) is 4.90 Å². The molecule has 0 unspecified atom stereocenters. The van der Waals surface area contributed by atoms with Crippen LogP contribution in [0.25, 0.3) is 11.0 Å². The van der Waals surface area contributed by atoms with Crippen LogP contribution in [0.2, 0.25) is 0 Å². The van der Waals surface area contributed by atoms with Gasteiger partial charge in [0.1, 0.15) is 11.3 Å². The fraction of sp³-hybridized carbons (Fsp3) is 0.500. The maximum absolute atomic E-state index is 12.4. The van der Waals surface area contributed by atoms with Gasteiger partial charge in [0.05, 0.1) is 31.7 Å². The zero-order chi connectivity index (χ0) is 18.5. The molecule has 2 aromatic rings. The SMILES string of the molecule is CCOC(=O)C1CC[NH+](CC(=O)N[C@H](C)c2cc3ccccc3o2)CC1. The number of amides is 1. The smallest absolute Gasteiger partial charge is 0.309 e. The average Bonchev–Trinajstić information content (AvgIpc) is 3.07. The summed E-state index contributed by atoms with van der Waals surface area (Å²) < 4.78 is 10.9. The lowest BCUT2D eigenvalue weighted by Gasteiger charge is -2.27. The number of fused-ring (bicyclic) bond motifs is 1. The molecule has 0 bridgehead atoms. The summed E-state index contributed by atoms with van der Waals surface area (Å²) in [6.45, 7) is 6.23. The number of hydrogen-bond donors (Lipinski definition) is 2. The zero-order valence-electron chi connectivity index (χ0n) is 15.4. The van der Waals surface area contributed by atoms with Crippen molar-refractivity contribution in [1.82, 2.24) is 5.32 Å². The summed E-state index contributed by atoms with van der Waals surface area (Å²) in [6, 6.07) is 9.61. The topological polar surface area (TPSA) is 73.0 Å². The molecule has 1 amide bonds. The summed E-state index contributed by atoms with van der Waals surface area (Å²) in [5.74, 6) is 0.642. The lowest BCUT2D eigenvalue weighted by Crippen LogP contribution is -3.14. The van der Waals surface area contributed by atoms with Crippen LogP contribution in [0, 0.1) is 5.92 Å². The molecule has 26 heavy (non-hydrogen) atoms. The number of nitrogens with one attached hydrogen (secondary N) is 2. The van der Waals surface area contributed by atoms with Gasteiger partial charge in [-0.1, -0.05) is 18.2 Å². The molecule has 1 aliphatic rings. The molecule has 0 saturated carbocycles. The van der Waals surface area contributed by atoms with Crippen molar-refractivity contribution in [3.05, 3.63) is 36.1 Å². The van der Waals surface area contributed by atoms with Gasteiger partial charge in [-0.2, -0.15) is 0 Å². The van der Waals surface area contributed by atoms with E-state index in [2.05, 4.69) is 5.32 Å². The Morgan fingerprint density at radius 1 is 1.31 bits per heavy atom. The molecule has 1 aromatic carbocycles. The van der Waals surface area contributed by atoms with Gasteiger partial charge in [0, 0.05) is 18.2 Å². The van der Waals surface area contributed by atoms with Gasteiger partial charge in [0.15, 0.2) is 6.54 Å². The highest BCUT2D eigenvalue weighted by atomic mass is 16.5. The van der Waals surface area contributed by atoms with Crippen LogP contribution in [-0.2, 0) is 14.3 Å². The number of carbonyl (C=O) groups is 2. The molecule has 1 saturated heterocycles. The van der Waals surface area contributed by atoms with Crippen molar-refractivity contribution < 1.29 is 23.6 Å². The monoisotopic (exact) mass is 359 g/mol. The Morgan fingerprint density at radius 2 is 2.04 bits per heavy atom. The van der Waals surface area contributed by atoms with E-state index in [1.54, 1.807) is 0 Å². The van der Waals surface area contributed by atoms with Crippen LogP contribution in [0.1, 0.15) is 38.5 Å². The van der Waals surface area contributed by atoms with Gasteiger partial charge in [0.25, 0.3) is 5.91 Å². The van der Waals surface area contributed by atoms with Crippen molar-refractivity contribution in [3.63, 3.8) is 0 Å². The summed E-state index contributed by atoms with van der Waals surface area (Å²) >= 11 is 0. The number of benzene rings is 1. The summed E-state index contributed by atoms with van der Waals surface area (Å²) in [5.41, 5.74) is 0.829. The minimum absolute atomic E-state index is 0.00235. The number of carbonyl (C=O) groups excluding carboxylic acids is 2. The van der Waals surface area contributed by atoms with E-state index in [0.717, 1.165) is 42.7 Å². The number of likely N-dealkylation sites (tertiary alicyclic amines) is 1. The molecule has 2 heterocycles. The van der Waals surface area contributed by atoms with E-state index in [0.29, 0.717) is 13.2 Å². The number of piperidine rings is 1. The normalized spacial score (nSPS) is 21.3. The molecule has 3 rings (SSSR count). The quantitative estimate of drug-likeness (QED) is 0.766. The van der Waals surface area contributed by atoms with E-state index >= 15 is 0 Å². The number of para-hydroxylation sites is 1. The third-order valence-electron chi connectivity index (χ3n) is 4.97. The van der Waals surface area contributed by atoms with Gasteiger partial charge in [-0.25, -0.2) is 0 Å². The van der Waals surface area contributed by atoms with Crippen LogP contribution in [0.15, 0.2) is 34.7 Å². The van der Waals surface area contributed by atoms with Crippen LogP contribution in [0.4, 0.5) is 0 Å². The molecule has 1 aliphatic heterocycles. The number of quaternary nitrogens is 1. The third-order valence-corrected chi connectivity index (χ3v) is 4.97. The van der Waals surface area contributed by atoms with E-state index in [4.69, 9.17) is 9.15 Å². The molecule has 6 nitrogen and oxygen atoms in total. The van der Waals surface area contributed by atoms with Gasteiger partial charge < -0.3 is 19.4 Å². The Bertz CT molecular complexity index is 729. The van der Waals surface area contributed by atoms with Gasteiger partial charge >= 0.3 is 5.97 Å². The fourth-order valence-electron chi connectivity index (χ4n) is 3.51. The Hall–Kier alpha value is -2.34. The van der Waals surface area contributed by atoms with Crippen molar-refractivity contribution in [2.45, 2.75) is 32.7 Å². The predicted molar refractivity (Wildman–Crippen MR) is 97.7 cm³/mol. The predicted octanol–water partition coefficient (Wildman–Crippen LogP) is 1.47. The van der Waals surface area contributed by atoms with Crippen molar-refractivity contribution in [1.29, 1.82) is 0 Å². The first-order chi connectivity index (χ1) is 12.6. The maximum atomic E-state index is 12.4. The molecular formula is C20H27N2O4+. The van der Waals surface area contributed by atoms with Crippen LogP contribution >= 0.6 is 0 Å². The summed E-state index contributed by atoms with van der Waals surface area (Å²) in [5, 5.41) is 4.05. The number of hydrogen-bond acceptors (Lipinski definition) is 4. The van der Waals surface area contributed by atoms with Crippen molar-refractivity contribution >= 4 is 22.8 Å². The summed E-state index contributed by atoms with van der Waals surface area (Å²) in [7, 11) is 0. The number of esters is 1. The first-order valence-corrected chi connectivity index (χ1v) is 9.35. The minimum atomic E-state index is -0.175. The maximum Gasteiger partial charge on any atom is 0.309 e. The third kappa shape index (κ3) is 4.43. The van der Waals surface area contributed by atoms with E-state index in [1.807, 2.05) is 44.2 Å². The lowest BCUT2D eigenvalue weighted by atomic mass is 9.97. The molecular weight excluding hydrogens is 332 g/mol. The number of ether oxygens (including phenoxy) is 1. The minimum Gasteiger partial charge on any atom is -0.466 e. The van der Waals surface area contributed by atoms with E-state index in [9.17, 15) is 9.59 Å². The standard InChI is InChI=1S/C20H26N2O4/c1-3-25-20(24)15-8-10-22(11-9-15)13-19(23)21-14(2)18-12-16-6-4-5-7-17(16)26-18/h4-7,12,14-15H,3,8-11,13H2,1-2H3,(H,21,23)/p+1/t14-/m1/s1. The van der Waals surface area contributed by atoms with Gasteiger partial charge in [-0.15, -0.1) is 0 Å². The van der Waals surface area contributed by atoms with E-state index in [-0.39, 0.29) is 23.8 Å². The Labute approximate surface area is 153 Å². The highest BCUT2D eigenvalue weighted by Gasteiger charge is 2.29. The van der Waals surface area contributed by atoms with Crippen LogP contribution < -0.4 is 10.2 Å². The van der Waals surface area contributed by atoms with Crippen molar-refractivity contribution in [3.8, 4) is 0 Å². The average molecular weight is 359 g/mol. The highest BCUT2D eigenvalue weighted by molar-refractivity contribution is 5.79. The summed E-state index contributed by atoms with van der Waals surface area (Å²) in [6.07, 6.45) is 1.56. The van der Waals surface area contributed by atoms with Crippen molar-refractivity contribution in [2.24, 2.45) is 5.92 Å². The molecule has 140 valence electrons. The molecule has 1 atom stereocenters. The number of furan rings is 1. The Kier molecular flexibility index (Phi) is 5.93. The number of rotatable bonds is 6. The first kappa shape index (κ1) is 18.5. The van der Waals surface area contributed by atoms with Crippen LogP contribution in [-0.4, -0.2) is 38.1 Å². The molecule has 0 aliphatic carbocycles. The highest BCUT2D eigenvalue weighted by Crippen LogP contribution is 2.23. The van der Waals surface area contributed by atoms with Gasteiger partial charge in [0.2, 0.25) is 0 Å². The second kappa shape index (κ2) is 8.36. The Balaban J connectivity index is 1.47. The zero-order valence-corrected chi connectivity index (χ0v) is 15.4. The van der Waals surface area contributed by atoms with Gasteiger partial charge in [-0.05, 0) is 26.0 Å². The summed E-state index contributed by atoms with van der Waals surface area (Å²) in [4.78, 5) is 25.4. The second-order valence-corrected chi connectivity index (χ2v) is 6.93. The van der Waals surface area contributed by atoms with Crippen molar-refractivity contribution in [2.75, 3.05) is 26.2 Å². The van der Waals surface area contributed by atoms with Crippen LogP contribution in [0.3, 0.4) is 0 Å². The molecule has 6 heteroatoms. The second-order valence-electron chi connectivity index (χ2n) is 6.93. The molecule has 2 N–H and O–H groups in total. The van der Waals surface area contributed by atoms with E-state index < -0.39 is 0 Å². The Morgan fingerprint density at radius 3 is 2.73 bits per heavy atom. The molecule has 0 spiro atoms. The molecule has 1 aromatic heterocycles. The van der Waals surface area contributed by atoms with Crippen LogP contribution in [0.5, 0.6) is 0 Å². The first-order valence-electron chi connectivity index (χ1n) is 9.35. The fourth-order valence-corrected chi connectivity index (χ4v) is 3.51. The largest absolute Gasteiger partial charge is 0.466 e. The lowest BCUT2D eigenvalue weighted by molar-refractivity contribution is -0.897. The molecule has 0 radical (unpaired) electrons.